The molecule has 3 aromatic rings. The summed E-state index contributed by atoms with van der Waals surface area (Å²) in [6, 6.07) is 13.4. The van der Waals surface area contributed by atoms with Gasteiger partial charge in [-0.1, -0.05) is 18.7 Å². The second-order valence-corrected chi connectivity index (χ2v) is 7.62. The monoisotopic (exact) mass is 435 g/mol. The highest BCUT2D eigenvalue weighted by Crippen LogP contribution is 2.24. The van der Waals surface area contributed by atoms with E-state index in [2.05, 4.69) is 52.3 Å². The number of anilines is 2. The predicted octanol–water partition coefficient (Wildman–Crippen LogP) is 4.41. The lowest BCUT2D eigenvalue weighted by atomic mass is 10.1. The van der Waals surface area contributed by atoms with Crippen LogP contribution >= 0.6 is 11.8 Å². The molecule has 0 amide bonds. The van der Waals surface area contributed by atoms with Crippen LogP contribution in [0.4, 0.5) is 11.6 Å². The van der Waals surface area contributed by atoms with E-state index in [1.165, 1.54) is 23.4 Å². The number of rotatable bonds is 9. The number of aromatic amines is 1. The lowest BCUT2D eigenvalue weighted by Gasteiger charge is -2.13. The summed E-state index contributed by atoms with van der Waals surface area (Å²) in [6.07, 6.45) is 3.27. The maximum Gasteiger partial charge on any atom is 0.246 e. The summed E-state index contributed by atoms with van der Waals surface area (Å²) >= 11 is 1.43. The highest BCUT2D eigenvalue weighted by Gasteiger charge is 2.09. The Morgan fingerprint density at radius 1 is 1.23 bits per heavy atom. The second kappa shape index (κ2) is 9.86. The van der Waals surface area contributed by atoms with E-state index >= 15 is 0 Å². The normalized spacial score (nSPS) is 11.1. The fourth-order valence-electron chi connectivity index (χ4n) is 2.68. The molecule has 0 saturated carbocycles. The van der Waals surface area contributed by atoms with Crippen LogP contribution in [0.5, 0.6) is 5.75 Å². The van der Waals surface area contributed by atoms with Crippen molar-refractivity contribution in [3.63, 3.8) is 0 Å². The average Bonchev–Trinajstić information content (AvgIpc) is 3.20. The standard InChI is InChI=1S/C22H25N7OS/c1-13-6-5-7-18(14(13)2)26-22-27-21(28-29-22)16-8-10-17(11-9-16)30-20(12-19(23)24)25-15(3)31-4/h5-12,25H,3H2,1-2,4H3,(H3,23,24)(H2,26,27,28,29). The Balaban J connectivity index is 1.72. The van der Waals surface area contributed by atoms with Gasteiger partial charge in [-0.3, -0.25) is 10.5 Å². The largest absolute Gasteiger partial charge is 0.441 e. The van der Waals surface area contributed by atoms with E-state index in [0.717, 1.165) is 16.8 Å². The van der Waals surface area contributed by atoms with Gasteiger partial charge in [-0.25, -0.2) is 0 Å². The van der Waals surface area contributed by atoms with E-state index < -0.39 is 0 Å². The molecular formula is C22H25N7OS. The van der Waals surface area contributed by atoms with E-state index in [4.69, 9.17) is 15.9 Å². The SMILES string of the molecule is C=C(NC(=CC(=N)N)Oc1ccc(-c2nc(Nc3cccc(C)c3C)n[nH]2)cc1)SC. The van der Waals surface area contributed by atoms with Crippen molar-refractivity contribution in [2.24, 2.45) is 5.73 Å². The summed E-state index contributed by atoms with van der Waals surface area (Å²) in [5.74, 6) is 1.90. The Bertz CT molecular complexity index is 1120. The third-order valence-electron chi connectivity index (χ3n) is 4.49. The molecule has 0 unspecified atom stereocenters. The van der Waals surface area contributed by atoms with Gasteiger partial charge in [0.2, 0.25) is 11.8 Å². The van der Waals surface area contributed by atoms with Crippen LogP contribution in [0.15, 0.2) is 66.0 Å². The molecule has 0 spiro atoms. The van der Waals surface area contributed by atoms with Crippen LogP contribution in [-0.2, 0) is 0 Å². The molecule has 2 aromatic carbocycles. The van der Waals surface area contributed by atoms with E-state index in [0.29, 0.717) is 28.4 Å². The maximum absolute atomic E-state index is 7.47. The van der Waals surface area contributed by atoms with Gasteiger partial charge in [-0.15, -0.1) is 16.9 Å². The van der Waals surface area contributed by atoms with Gasteiger partial charge in [-0.05, 0) is 61.6 Å². The Morgan fingerprint density at radius 3 is 2.65 bits per heavy atom. The fraction of sp³-hybridized carbons (Fsp3) is 0.136. The van der Waals surface area contributed by atoms with Crippen LogP contribution in [0.2, 0.25) is 0 Å². The summed E-state index contributed by atoms with van der Waals surface area (Å²) in [5, 5.41) is 21.6. The summed E-state index contributed by atoms with van der Waals surface area (Å²) in [7, 11) is 0. The van der Waals surface area contributed by atoms with E-state index in [-0.39, 0.29) is 5.84 Å². The number of nitrogens with zero attached hydrogens (tertiary/aromatic N) is 2. The van der Waals surface area contributed by atoms with Crippen LogP contribution in [-0.4, -0.2) is 27.3 Å². The van der Waals surface area contributed by atoms with Crippen molar-refractivity contribution < 1.29 is 4.74 Å². The number of benzene rings is 2. The van der Waals surface area contributed by atoms with Crippen molar-refractivity contribution in [3.05, 3.63) is 77.2 Å². The number of amidine groups is 1. The summed E-state index contributed by atoms with van der Waals surface area (Å²) in [5.41, 5.74) is 9.64. The molecule has 31 heavy (non-hydrogen) atoms. The number of ether oxygens (including phenoxy) is 1. The van der Waals surface area contributed by atoms with Crippen LogP contribution in [0.25, 0.3) is 11.4 Å². The van der Waals surface area contributed by atoms with Crippen LogP contribution in [0, 0.1) is 19.3 Å². The predicted molar refractivity (Wildman–Crippen MR) is 127 cm³/mol. The van der Waals surface area contributed by atoms with Gasteiger partial charge in [0, 0.05) is 17.3 Å². The number of thioether (sulfide) groups is 1. The first-order valence-corrected chi connectivity index (χ1v) is 10.7. The van der Waals surface area contributed by atoms with Crippen molar-refractivity contribution in [2.75, 3.05) is 11.6 Å². The summed E-state index contributed by atoms with van der Waals surface area (Å²) < 4.78 is 5.79. The number of aromatic nitrogens is 3. The molecule has 0 atom stereocenters. The van der Waals surface area contributed by atoms with Crippen molar-refractivity contribution in [2.45, 2.75) is 13.8 Å². The molecular weight excluding hydrogens is 410 g/mol. The number of nitrogens with one attached hydrogen (secondary N) is 4. The third-order valence-corrected chi connectivity index (χ3v) is 5.08. The highest BCUT2D eigenvalue weighted by atomic mass is 32.2. The van der Waals surface area contributed by atoms with Crippen molar-refractivity contribution >= 4 is 29.2 Å². The zero-order valence-corrected chi connectivity index (χ0v) is 18.4. The number of H-pyrrole nitrogens is 1. The average molecular weight is 436 g/mol. The first-order valence-electron chi connectivity index (χ1n) is 9.45. The third kappa shape index (κ3) is 5.89. The van der Waals surface area contributed by atoms with Gasteiger partial charge in [0.15, 0.2) is 5.82 Å². The van der Waals surface area contributed by atoms with Crippen molar-refractivity contribution in [1.82, 2.24) is 20.5 Å². The molecule has 160 valence electrons. The molecule has 0 radical (unpaired) electrons. The Hall–Kier alpha value is -3.72. The molecule has 0 bridgehead atoms. The molecule has 0 saturated heterocycles. The minimum atomic E-state index is -0.126. The molecule has 1 heterocycles. The Morgan fingerprint density at radius 2 is 1.97 bits per heavy atom. The molecule has 0 fully saturated rings. The highest BCUT2D eigenvalue weighted by molar-refractivity contribution is 8.02. The lowest BCUT2D eigenvalue weighted by Crippen LogP contribution is -2.19. The first kappa shape index (κ1) is 22.0. The van der Waals surface area contributed by atoms with Gasteiger partial charge in [0.05, 0.1) is 5.03 Å². The zero-order valence-electron chi connectivity index (χ0n) is 17.6. The molecule has 0 aliphatic carbocycles. The second-order valence-electron chi connectivity index (χ2n) is 6.72. The van der Waals surface area contributed by atoms with Gasteiger partial charge in [-0.2, -0.15) is 4.98 Å². The Kier molecular flexibility index (Phi) is 6.99. The van der Waals surface area contributed by atoms with Crippen molar-refractivity contribution in [3.8, 4) is 17.1 Å². The molecule has 9 heteroatoms. The zero-order chi connectivity index (χ0) is 22.4. The maximum atomic E-state index is 7.47. The molecule has 0 aliphatic heterocycles. The van der Waals surface area contributed by atoms with Gasteiger partial charge < -0.3 is 21.1 Å². The Labute approximate surface area is 185 Å². The summed E-state index contributed by atoms with van der Waals surface area (Å²) in [4.78, 5) is 4.53. The number of aryl methyl sites for hydroxylation is 1. The molecule has 1 aromatic heterocycles. The number of nitrogens with two attached hydrogens (primary N) is 1. The van der Waals surface area contributed by atoms with Gasteiger partial charge in [0.1, 0.15) is 11.6 Å². The van der Waals surface area contributed by atoms with E-state index in [1.54, 1.807) is 12.1 Å². The van der Waals surface area contributed by atoms with Crippen LogP contribution < -0.4 is 21.1 Å². The van der Waals surface area contributed by atoms with E-state index in [1.807, 2.05) is 30.5 Å². The molecule has 6 N–H and O–H groups in total. The van der Waals surface area contributed by atoms with Gasteiger partial charge in [0.25, 0.3) is 0 Å². The molecule has 8 nitrogen and oxygen atoms in total. The van der Waals surface area contributed by atoms with Crippen LogP contribution in [0.3, 0.4) is 0 Å². The summed E-state index contributed by atoms with van der Waals surface area (Å²) in [6.45, 7) is 7.98. The van der Waals surface area contributed by atoms with Crippen molar-refractivity contribution in [1.29, 1.82) is 5.41 Å². The smallest absolute Gasteiger partial charge is 0.246 e. The van der Waals surface area contributed by atoms with Crippen LogP contribution in [0.1, 0.15) is 11.1 Å². The topological polar surface area (TPSA) is 125 Å². The number of hydrogen-bond acceptors (Lipinski definition) is 7. The first-order chi connectivity index (χ1) is 14.9. The number of hydrogen-bond donors (Lipinski definition) is 5. The van der Waals surface area contributed by atoms with E-state index in [9.17, 15) is 0 Å². The minimum Gasteiger partial charge on any atom is -0.441 e. The van der Waals surface area contributed by atoms with Gasteiger partial charge >= 0.3 is 0 Å². The fourth-order valence-corrected chi connectivity index (χ4v) is 2.88. The molecule has 3 rings (SSSR count). The lowest BCUT2D eigenvalue weighted by molar-refractivity contribution is 0.398. The molecule has 0 aliphatic rings. The quantitative estimate of drug-likeness (QED) is 0.191. The minimum absolute atomic E-state index is 0.126.